The molecule has 0 bridgehead atoms. The summed E-state index contributed by atoms with van der Waals surface area (Å²) < 4.78 is 1.45. The highest BCUT2D eigenvalue weighted by Gasteiger charge is 2.11. The van der Waals surface area contributed by atoms with Gasteiger partial charge in [0.25, 0.3) is 0 Å². The minimum atomic E-state index is -0.339. The van der Waals surface area contributed by atoms with Crippen molar-refractivity contribution in [3.8, 4) is 11.4 Å². The standard InChI is InChI=1S/C13H17N5O/c1-4-9-7-5-6-8-10(9)11-15-12(17-14-2)16-13(19)18(11)3/h5-8,14H,4H2,1-3H3,(H,16,17,19). The zero-order valence-electron chi connectivity index (χ0n) is 11.3. The van der Waals surface area contributed by atoms with Crippen LogP contribution in [0.25, 0.3) is 11.4 Å². The molecule has 100 valence electrons. The summed E-state index contributed by atoms with van der Waals surface area (Å²) >= 11 is 0. The fourth-order valence-electron chi connectivity index (χ4n) is 1.91. The summed E-state index contributed by atoms with van der Waals surface area (Å²) in [5.74, 6) is 0.877. The van der Waals surface area contributed by atoms with E-state index in [0.717, 1.165) is 17.5 Å². The van der Waals surface area contributed by atoms with Gasteiger partial charge in [0.1, 0.15) is 5.82 Å². The summed E-state index contributed by atoms with van der Waals surface area (Å²) in [5, 5.41) is 0. The fraction of sp³-hybridized carbons (Fsp3) is 0.308. The third-order valence-electron chi connectivity index (χ3n) is 2.89. The van der Waals surface area contributed by atoms with Gasteiger partial charge >= 0.3 is 5.69 Å². The molecule has 0 amide bonds. The molecule has 0 aliphatic carbocycles. The van der Waals surface area contributed by atoms with E-state index < -0.39 is 0 Å². The van der Waals surface area contributed by atoms with Crippen LogP contribution in [-0.2, 0) is 13.5 Å². The average molecular weight is 259 g/mol. The van der Waals surface area contributed by atoms with E-state index in [9.17, 15) is 4.79 Å². The van der Waals surface area contributed by atoms with E-state index in [-0.39, 0.29) is 11.6 Å². The van der Waals surface area contributed by atoms with Crippen molar-refractivity contribution < 1.29 is 0 Å². The molecule has 0 aliphatic heterocycles. The number of benzene rings is 1. The summed E-state index contributed by atoms with van der Waals surface area (Å²) in [5.41, 5.74) is 7.21. The van der Waals surface area contributed by atoms with Crippen molar-refractivity contribution in [1.82, 2.24) is 20.0 Å². The van der Waals surface area contributed by atoms with E-state index in [1.807, 2.05) is 24.3 Å². The van der Waals surface area contributed by atoms with Gasteiger partial charge < -0.3 is 0 Å². The second-order valence-electron chi connectivity index (χ2n) is 4.10. The zero-order valence-corrected chi connectivity index (χ0v) is 11.3. The number of rotatable bonds is 4. The first-order valence-corrected chi connectivity index (χ1v) is 6.13. The molecule has 0 aliphatic rings. The summed E-state index contributed by atoms with van der Waals surface area (Å²) in [7, 11) is 3.37. The SMILES string of the molecule is CCc1ccccc1-c1nc(NNC)nc(=O)n1C. The summed E-state index contributed by atoms with van der Waals surface area (Å²) in [6, 6.07) is 7.91. The topological polar surface area (TPSA) is 71.8 Å². The molecule has 1 aromatic carbocycles. The highest BCUT2D eigenvalue weighted by Crippen LogP contribution is 2.21. The van der Waals surface area contributed by atoms with Crippen LogP contribution in [-0.4, -0.2) is 21.6 Å². The van der Waals surface area contributed by atoms with Gasteiger partial charge in [0.05, 0.1) is 0 Å². The van der Waals surface area contributed by atoms with Gasteiger partial charge in [-0.15, -0.1) is 0 Å². The van der Waals surface area contributed by atoms with Crippen LogP contribution < -0.4 is 16.5 Å². The monoisotopic (exact) mass is 259 g/mol. The molecule has 0 fully saturated rings. The van der Waals surface area contributed by atoms with Gasteiger partial charge in [-0.25, -0.2) is 10.2 Å². The molecule has 0 saturated carbocycles. The third-order valence-corrected chi connectivity index (χ3v) is 2.89. The Labute approximate surface area is 111 Å². The Kier molecular flexibility index (Phi) is 3.91. The van der Waals surface area contributed by atoms with Gasteiger partial charge in [0, 0.05) is 19.7 Å². The Morgan fingerprint density at radius 2 is 2.00 bits per heavy atom. The molecule has 0 saturated heterocycles. The average Bonchev–Trinajstić information content (AvgIpc) is 2.43. The summed E-state index contributed by atoms with van der Waals surface area (Å²) in [4.78, 5) is 20.1. The molecule has 1 aromatic heterocycles. The Bertz CT molecular complexity index is 635. The predicted octanol–water partition coefficient (Wildman–Crippen LogP) is 0.951. The lowest BCUT2D eigenvalue weighted by atomic mass is 10.0. The van der Waals surface area contributed by atoms with E-state index in [0.29, 0.717) is 5.82 Å². The maximum atomic E-state index is 11.9. The van der Waals surface area contributed by atoms with Crippen molar-refractivity contribution in [2.24, 2.45) is 7.05 Å². The number of nitrogens with zero attached hydrogens (tertiary/aromatic N) is 3. The van der Waals surface area contributed by atoms with Crippen LogP contribution in [0.3, 0.4) is 0 Å². The molecule has 19 heavy (non-hydrogen) atoms. The van der Waals surface area contributed by atoms with Crippen molar-refractivity contribution in [2.75, 3.05) is 12.5 Å². The number of hydrazine groups is 1. The van der Waals surface area contributed by atoms with Gasteiger partial charge in [-0.2, -0.15) is 9.97 Å². The van der Waals surface area contributed by atoms with Gasteiger partial charge in [-0.05, 0) is 12.0 Å². The van der Waals surface area contributed by atoms with Crippen molar-refractivity contribution in [1.29, 1.82) is 0 Å². The van der Waals surface area contributed by atoms with Gasteiger partial charge in [-0.1, -0.05) is 31.2 Å². The smallest absolute Gasteiger partial charge is 0.290 e. The molecule has 2 N–H and O–H groups in total. The molecule has 6 heteroatoms. The molecule has 1 heterocycles. The largest absolute Gasteiger partial charge is 0.352 e. The molecule has 6 nitrogen and oxygen atoms in total. The predicted molar refractivity (Wildman–Crippen MR) is 74.8 cm³/mol. The first kappa shape index (κ1) is 13.2. The molecule has 0 spiro atoms. The molecular formula is C13H17N5O. The number of anilines is 1. The number of aryl methyl sites for hydroxylation is 1. The summed E-state index contributed by atoms with van der Waals surface area (Å²) in [6.45, 7) is 2.07. The Morgan fingerprint density at radius 3 is 2.68 bits per heavy atom. The maximum absolute atomic E-state index is 11.9. The quantitative estimate of drug-likeness (QED) is 0.800. The van der Waals surface area contributed by atoms with E-state index in [1.165, 1.54) is 4.57 Å². The molecule has 0 unspecified atom stereocenters. The molecular weight excluding hydrogens is 242 g/mol. The van der Waals surface area contributed by atoms with Crippen LogP contribution in [0.4, 0.5) is 5.95 Å². The first-order chi connectivity index (χ1) is 9.17. The lowest BCUT2D eigenvalue weighted by molar-refractivity contribution is 0.774. The second-order valence-corrected chi connectivity index (χ2v) is 4.10. The van der Waals surface area contributed by atoms with Crippen LogP contribution >= 0.6 is 0 Å². The van der Waals surface area contributed by atoms with Crippen molar-refractivity contribution in [2.45, 2.75) is 13.3 Å². The van der Waals surface area contributed by atoms with Crippen LogP contribution in [0.1, 0.15) is 12.5 Å². The van der Waals surface area contributed by atoms with Crippen LogP contribution in [0.5, 0.6) is 0 Å². The van der Waals surface area contributed by atoms with E-state index >= 15 is 0 Å². The fourth-order valence-corrected chi connectivity index (χ4v) is 1.91. The summed E-state index contributed by atoms with van der Waals surface area (Å²) in [6.07, 6.45) is 0.878. The normalized spacial score (nSPS) is 10.5. The maximum Gasteiger partial charge on any atom is 0.352 e. The van der Waals surface area contributed by atoms with Crippen LogP contribution in [0.2, 0.25) is 0 Å². The highest BCUT2D eigenvalue weighted by molar-refractivity contribution is 5.61. The number of hydrogen-bond donors (Lipinski definition) is 2. The van der Waals surface area contributed by atoms with Crippen molar-refractivity contribution in [3.05, 3.63) is 40.3 Å². The molecule has 2 aromatic rings. The van der Waals surface area contributed by atoms with Crippen LogP contribution in [0.15, 0.2) is 29.1 Å². The van der Waals surface area contributed by atoms with E-state index in [2.05, 4.69) is 27.7 Å². The van der Waals surface area contributed by atoms with Crippen molar-refractivity contribution in [3.63, 3.8) is 0 Å². The Balaban J connectivity index is 2.63. The van der Waals surface area contributed by atoms with Gasteiger partial charge in [0.2, 0.25) is 5.95 Å². The Morgan fingerprint density at radius 1 is 1.26 bits per heavy atom. The highest BCUT2D eigenvalue weighted by atomic mass is 16.1. The minimum absolute atomic E-state index is 0.270. The Hall–Kier alpha value is -2.21. The molecule has 0 radical (unpaired) electrons. The second kappa shape index (κ2) is 5.62. The lowest BCUT2D eigenvalue weighted by Crippen LogP contribution is -2.27. The van der Waals surface area contributed by atoms with Gasteiger partial charge in [-0.3, -0.25) is 9.99 Å². The van der Waals surface area contributed by atoms with E-state index in [1.54, 1.807) is 14.1 Å². The number of hydrogen-bond acceptors (Lipinski definition) is 5. The lowest BCUT2D eigenvalue weighted by Gasteiger charge is -2.12. The number of nitrogens with one attached hydrogen (secondary N) is 2. The first-order valence-electron chi connectivity index (χ1n) is 6.13. The zero-order chi connectivity index (χ0) is 13.8. The van der Waals surface area contributed by atoms with Crippen molar-refractivity contribution >= 4 is 5.95 Å². The molecule has 2 rings (SSSR count). The van der Waals surface area contributed by atoms with Gasteiger partial charge in [0.15, 0.2) is 0 Å². The van der Waals surface area contributed by atoms with Crippen LogP contribution in [0, 0.1) is 0 Å². The molecule has 0 atom stereocenters. The minimum Gasteiger partial charge on any atom is -0.290 e. The third kappa shape index (κ3) is 2.63. The number of aromatic nitrogens is 3. The van der Waals surface area contributed by atoms with E-state index in [4.69, 9.17) is 0 Å².